The molecule has 1 N–H and O–H groups in total. The van der Waals surface area contributed by atoms with E-state index in [0.717, 1.165) is 11.3 Å². The Morgan fingerprint density at radius 2 is 2.04 bits per heavy atom. The van der Waals surface area contributed by atoms with Gasteiger partial charge in [-0.1, -0.05) is 17.7 Å². The van der Waals surface area contributed by atoms with Crippen molar-refractivity contribution in [2.75, 3.05) is 37.9 Å². The van der Waals surface area contributed by atoms with Crippen LogP contribution < -0.4 is 5.32 Å². The molecule has 0 aliphatic carbocycles. The summed E-state index contributed by atoms with van der Waals surface area (Å²) in [6.45, 7) is 2.86. The molecule has 1 aromatic rings. The highest BCUT2D eigenvalue weighted by molar-refractivity contribution is 7.89. The Bertz CT molecular complexity index is 628. The Kier molecular flexibility index (Phi) is 6.15. The summed E-state index contributed by atoms with van der Waals surface area (Å²) in [5, 5.41) is 2.87. The summed E-state index contributed by atoms with van der Waals surface area (Å²) in [5.41, 5.74) is 1.86. The third-order valence-corrected chi connectivity index (χ3v) is 5.81. The maximum Gasteiger partial charge on any atom is 0.228 e. The van der Waals surface area contributed by atoms with Crippen LogP contribution in [-0.4, -0.2) is 51.2 Å². The van der Waals surface area contributed by atoms with Crippen molar-refractivity contribution >= 4 is 21.6 Å². The van der Waals surface area contributed by atoms with E-state index in [1.165, 1.54) is 11.4 Å². The van der Waals surface area contributed by atoms with Crippen LogP contribution in [0.2, 0.25) is 0 Å². The van der Waals surface area contributed by atoms with E-state index in [-0.39, 0.29) is 30.7 Å². The normalized spacial score (nSPS) is 19.5. The second-order valence-corrected chi connectivity index (χ2v) is 7.95. The second-order valence-electron chi connectivity index (χ2n) is 5.86. The maximum absolute atomic E-state index is 12.4. The fourth-order valence-corrected chi connectivity index (χ4v) is 4.06. The first-order chi connectivity index (χ1) is 10.9. The Morgan fingerprint density at radius 1 is 1.35 bits per heavy atom. The summed E-state index contributed by atoms with van der Waals surface area (Å²) in [6, 6.07) is 7.56. The number of methoxy groups -OCH3 is 1. The van der Waals surface area contributed by atoms with Gasteiger partial charge < -0.3 is 10.1 Å². The third-order valence-electron chi connectivity index (χ3n) is 4.01. The topological polar surface area (TPSA) is 75.7 Å². The van der Waals surface area contributed by atoms with Gasteiger partial charge >= 0.3 is 0 Å². The van der Waals surface area contributed by atoms with Crippen LogP contribution in [-0.2, 0) is 19.6 Å². The molecule has 7 heteroatoms. The summed E-state index contributed by atoms with van der Waals surface area (Å²) in [7, 11) is -1.89. The van der Waals surface area contributed by atoms with Gasteiger partial charge in [-0.25, -0.2) is 12.7 Å². The lowest BCUT2D eigenvalue weighted by atomic mass is 9.98. The van der Waals surface area contributed by atoms with Gasteiger partial charge in [0, 0.05) is 25.9 Å². The van der Waals surface area contributed by atoms with Crippen LogP contribution in [0.5, 0.6) is 0 Å². The van der Waals surface area contributed by atoms with Crippen LogP contribution in [0, 0.1) is 12.8 Å². The van der Waals surface area contributed by atoms with Crippen LogP contribution in [0.4, 0.5) is 5.69 Å². The SMILES string of the molecule is COCCS(=O)(=O)N1CCCC(C(=O)Nc2ccc(C)cc2)C1. The number of hydrogen-bond donors (Lipinski definition) is 1. The lowest BCUT2D eigenvalue weighted by Crippen LogP contribution is -2.45. The highest BCUT2D eigenvalue weighted by atomic mass is 32.2. The predicted octanol–water partition coefficient (Wildman–Crippen LogP) is 1.62. The van der Waals surface area contributed by atoms with Gasteiger partial charge in [0.25, 0.3) is 0 Å². The molecule has 0 saturated carbocycles. The molecule has 0 aromatic heterocycles. The van der Waals surface area contributed by atoms with Gasteiger partial charge in [0.2, 0.25) is 15.9 Å². The number of benzene rings is 1. The van der Waals surface area contributed by atoms with E-state index >= 15 is 0 Å². The molecule has 23 heavy (non-hydrogen) atoms. The van der Waals surface area contributed by atoms with Crippen LogP contribution in [0.25, 0.3) is 0 Å². The molecule has 0 spiro atoms. The van der Waals surface area contributed by atoms with Crippen molar-refractivity contribution in [3.05, 3.63) is 29.8 Å². The molecule has 1 unspecified atom stereocenters. The number of ether oxygens (including phenoxy) is 1. The number of nitrogens with one attached hydrogen (secondary N) is 1. The Hall–Kier alpha value is -1.44. The molecule has 128 valence electrons. The molecule has 1 aliphatic heterocycles. The highest BCUT2D eigenvalue weighted by Gasteiger charge is 2.32. The van der Waals surface area contributed by atoms with E-state index in [4.69, 9.17) is 4.74 Å². The number of amides is 1. The van der Waals surface area contributed by atoms with Crippen LogP contribution in [0.3, 0.4) is 0 Å². The molecule has 2 rings (SSSR count). The molecular formula is C16H24N2O4S. The van der Waals surface area contributed by atoms with E-state index < -0.39 is 10.0 Å². The molecule has 1 amide bonds. The predicted molar refractivity (Wildman–Crippen MR) is 89.8 cm³/mol. The van der Waals surface area contributed by atoms with E-state index in [2.05, 4.69) is 5.32 Å². The fraction of sp³-hybridized carbons (Fsp3) is 0.562. The van der Waals surface area contributed by atoms with Crippen molar-refractivity contribution in [2.45, 2.75) is 19.8 Å². The molecule has 1 aromatic carbocycles. The highest BCUT2D eigenvalue weighted by Crippen LogP contribution is 2.21. The summed E-state index contributed by atoms with van der Waals surface area (Å²) < 4.78 is 30.7. The average molecular weight is 340 g/mol. The Morgan fingerprint density at radius 3 is 2.70 bits per heavy atom. The van der Waals surface area contributed by atoms with Crippen LogP contribution in [0.15, 0.2) is 24.3 Å². The number of carbonyl (C=O) groups is 1. The van der Waals surface area contributed by atoms with Gasteiger partial charge in [0.05, 0.1) is 18.3 Å². The van der Waals surface area contributed by atoms with Crippen molar-refractivity contribution in [1.29, 1.82) is 0 Å². The van der Waals surface area contributed by atoms with Gasteiger partial charge in [0.15, 0.2) is 0 Å². The number of sulfonamides is 1. The van der Waals surface area contributed by atoms with Crippen molar-refractivity contribution in [1.82, 2.24) is 4.31 Å². The van der Waals surface area contributed by atoms with Crippen molar-refractivity contribution < 1.29 is 17.9 Å². The Labute approximate surface area is 137 Å². The zero-order chi connectivity index (χ0) is 16.9. The fourth-order valence-electron chi connectivity index (χ4n) is 2.61. The van der Waals surface area contributed by atoms with Gasteiger partial charge in [-0.05, 0) is 31.9 Å². The lowest BCUT2D eigenvalue weighted by molar-refractivity contribution is -0.120. The zero-order valence-corrected chi connectivity index (χ0v) is 14.4. The van der Waals surface area contributed by atoms with E-state index in [9.17, 15) is 13.2 Å². The number of nitrogens with zero attached hydrogens (tertiary/aromatic N) is 1. The molecule has 0 bridgehead atoms. The molecule has 6 nitrogen and oxygen atoms in total. The molecule has 1 fully saturated rings. The lowest BCUT2D eigenvalue weighted by Gasteiger charge is -2.31. The zero-order valence-electron chi connectivity index (χ0n) is 13.6. The Balaban J connectivity index is 1.97. The van der Waals surface area contributed by atoms with E-state index in [1.54, 1.807) is 0 Å². The van der Waals surface area contributed by atoms with Crippen LogP contribution in [0.1, 0.15) is 18.4 Å². The molecule has 1 saturated heterocycles. The number of rotatable bonds is 6. The monoisotopic (exact) mass is 340 g/mol. The van der Waals surface area contributed by atoms with Gasteiger partial charge in [-0.15, -0.1) is 0 Å². The largest absolute Gasteiger partial charge is 0.384 e. The second kappa shape index (κ2) is 7.90. The summed E-state index contributed by atoms with van der Waals surface area (Å²) in [6.07, 6.45) is 1.40. The quantitative estimate of drug-likeness (QED) is 0.854. The molecule has 0 radical (unpaired) electrons. The van der Waals surface area contributed by atoms with Crippen molar-refractivity contribution in [3.8, 4) is 0 Å². The number of anilines is 1. The molecule has 1 atom stereocenters. The summed E-state index contributed by atoms with van der Waals surface area (Å²) >= 11 is 0. The van der Waals surface area contributed by atoms with Gasteiger partial charge in [0.1, 0.15) is 0 Å². The number of aryl methyl sites for hydroxylation is 1. The van der Waals surface area contributed by atoms with Gasteiger partial charge in [-0.2, -0.15) is 0 Å². The minimum Gasteiger partial charge on any atom is -0.384 e. The minimum atomic E-state index is -3.36. The first kappa shape index (κ1) is 17.9. The minimum absolute atomic E-state index is 0.0458. The first-order valence-corrected chi connectivity index (χ1v) is 9.37. The average Bonchev–Trinajstić information content (AvgIpc) is 2.55. The number of hydrogen-bond acceptors (Lipinski definition) is 4. The molecular weight excluding hydrogens is 316 g/mol. The van der Waals surface area contributed by atoms with E-state index in [1.807, 2.05) is 31.2 Å². The maximum atomic E-state index is 12.4. The van der Waals surface area contributed by atoms with Crippen molar-refractivity contribution in [3.63, 3.8) is 0 Å². The smallest absolute Gasteiger partial charge is 0.228 e. The van der Waals surface area contributed by atoms with E-state index in [0.29, 0.717) is 19.4 Å². The van der Waals surface area contributed by atoms with Gasteiger partial charge in [-0.3, -0.25) is 4.79 Å². The standard InChI is InChI=1S/C16H24N2O4S/c1-13-5-7-15(8-6-13)17-16(19)14-4-3-9-18(12-14)23(20,21)11-10-22-2/h5-8,14H,3-4,9-12H2,1-2H3,(H,17,19). The third kappa shape index (κ3) is 5.02. The first-order valence-electron chi connectivity index (χ1n) is 7.76. The van der Waals surface area contributed by atoms with Crippen LogP contribution >= 0.6 is 0 Å². The summed E-state index contributed by atoms with van der Waals surface area (Å²) in [5.74, 6) is -0.488. The molecule has 1 heterocycles. The number of piperidine rings is 1. The summed E-state index contributed by atoms with van der Waals surface area (Å²) in [4.78, 5) is 12.4. The van der Waals surface area contributed by atoms with Crippen molar-refractivity contribution in [2.24, 2.45) is 5.92 Å². The number of carbonyl (C=O) groups excluding carboxylic acids is 1. The molecule has 1 aliphatic rings.